The lowest BCUT2D eigenvalue weighted by Gasteiger charge is -2.10. The lowest BCUT2D eigenvalue weighted by Crippen LogP contribution is -2.33. The van der Waals surface area contributed by atoms with Gasteiger partial charge in [-0.25, -0.2) is 4.99 Å². The molecule has 140 valence electrons. The predicted octanol–water partition coefficient (Wildman–Crippen LogP) is 3.50. The molecule has 0 aliphatic rings. The summed E-state index contributed by atoms with van der Waals surface area (Å²) >= 11 is 0. The second-order valence-corrected chi connectivity index (χ2v) is 6.21. The zero-order valence-electron chi connectivity index (χ0n) is 15.7. The van der Waals surface area contributed by atoms with E-state index in [0.717, 1.165) is 18.5 Å². The maximum atomic E-state index is 6.01. The Morgan fingerprint density at radius 1 is 0.963 bits per heavy atom. The second-order valence-electron chi connectivity index (χ2n) is 6.21. The van der Waals surface area contributed by atoms with Crippen LogP contribution in [0.25, 0.3) is 10.8 Å². The summed E-state index contributed by atoms with van der Waals surface area (Å²) in [4.78, 5) is 4.41. The summed E-state index contributed by atoms with van der Waals surface area (Å²) in [5, 5.41) is 5.72. The van der Waals surface area contributed by atoms with Crippen molar-refractivity contribution in [2.75, 3.05) is 20.8 Å². The number of fused-ring (bicyclic) bond motifs is 1. The first-order valence-corrected chi connectivity index (χ1v) is 8.92. The van der Waals surface area contributed by atoms with Crippen LogP contribution in [0.4, 0.5) is 0 Å². The van der Waals surface area contributed by atoms with Crippen molar-refractivity contribution in [3.05, 3.63) is 71.8 Å². The van der Waals surface area contributed by atoms with Crippen LogP contribution in [0.3, 0.4) is 0 Å². The molecule has 0 bridgehead atoms. The minimum atomic E-state index is 0.435. The largest absolute Gasteiger partial charge is 0.493 e. The number of hydrogen-bond acceptors (Lipinski definition) is 3. The summed E-state index contributed by atoms with van der Waals surface area (Å²) in [6.45, 7) is 1.21. The van der Waals surface area contributed by atoms with Gasteiger partial charge in [0.15, 0.2) is 17.5 Å². The van der Waals surface area contributed by atoms with Crippen LogP contribution < -0.4 is 20.5 Å². The summed E-state index contributed by atoms with van der Waals surface area (Å²) in [5.74, 6) is 1.82. The standard InChI is InChI=1S/C22H25N3O2/c1-26-20-11-10-16(14-21(20)27-2)15-25-22(23)24-13-12-18-8-5-7-17-6-3-4-9-19(17)18/h3-11,14H,12-13,15H2,1-2H3,(H3,23,24,25). The summed E-state index contributed by atoms with van der Waals surface area (Å²) < 4.78 is 10.6. The Labute approximate surface area is 159 Å². The van der Waals surface area contributed by atoms with Crippen molar-refractivity contribution in [2.45, 2.75) is 13.0 Å². The highest BCUT2D eigenvalue weighted by Crippen LogP contribution is 2.27. The molecule has 0 unspecified atom stereocenters. The molecule has 0 amide bonds. The Morgan fingerprint density at radius 3 is 2.56 bits per heavy atom. The van der Waals surface area contributed by atoms with E-state index < -0.39 is 0 Å². The topological polar surface area (TPSA) is 68.9 Å². The van der Waals surface area contributed by atoms with Gasteiger partial charge in [0.2, 0.25) is 0 Å². The highest BCUT2D eigenvalue weighted by molar-refractivity contribution is 5.85. The van der Waals surface area contributed by atoms with Crippen LogP contribution in [-0.4, -0.2) is 26.7 Å². The summed E-state index contributed by atoms with van der Waals surface area (Å²) in [5.41, 5.74) is 8.31. The number of rotatable bonds is 7. The number of nitrogens with zero attached hydrogens (tertiary/aromatic N) is 1. The molecule has 0 aromatic heterocycles. The summed E-state index contributed by atoms with van der Waals surface area (Å²) in [6.07, 6.45) is 0.883. The van der Waals surface area contributed by atoms with Gasteiger partial charge in [-0.1, -0.05) is 48.5 Å². The number of ether oxygens (including phenoxy) is 2. The Hall–Kier alpha value is -3.21. The molecule has 0 saturated heterocycles. The molecule has 0 heterocycles. The van der Waals surface area contributed by atoms with Gasteiger partial charge in [0.25, 0.3) is 0 Å². The fraction of sp³-hybridized carbons (Fsp3) is 0.227. The maximum absolute atomic E-state index is 6.01. The minimum absolute atomic E-state index is 0.435. The van der Waals surface area contributed by atoms with Crippen molar-refractivity contribution >= 4 is 16.7 Å². The molecule has 0 radical (unpaired) electrons. The Balaban J connectivity index is 1.57. The number of guanidine groups is 1. The molecule has 0 atom stereocenters. The van der Waals surface area contributed by atoms with Gasteiger partial charge in [0, 0.05) is 6.54 Å². The van der Waals surface area contributed by atoms with Crippen molar-refractivity contribution in [3.63, 3.8) is 0 Å². The quantitative estimate of drug-likeness (QED) is 0.498. The monoisotopic (exact) mass is 363 g/mol. The molecule has 3 aromatic rings. The van der Waals surface area contributed by atoms with Gasteiger partial charge in [-0.2, -0.15) is 0 Å². The molecule has 5 heteroatoms. The van der Waals surface area contributed by atoms with Crippen molar-refractivity contribution in [3.8, 4) is 11.5 Å². The molecule has 3 N–H and O–H groups in total. The zero-order valence-corrected chi connectivity index (χ0v) is 15.7. The van der Waals surface area contributed by atoms with Crippen LogP contribution in [0.5, 0.6) is 11.5 Å². The molecule has 0 aliphatic carbocycles. The van der Waals surface area contributed by atoms with Crippen molar-refractivity contribution in [1.29, 1.82) is 0 Å². The molecule has 0 fully saturated rings. The normalized spacial score (nSPS) is 11.4. The molecule has 3 aromatic carbocycles. The van der Waals surface area contributed by atoms with Gasteiger partial charge in [-0.15, -0.1) is 0 Å². The minimum Gasteiger partial charge on any atom is -0.493 e. The number of hydrogen-bond donors (Lipinski definition) is 2. The van der Waals surface area contributed by atoms with Gasteiger partial charge in [-0.05, 0) is 40.5 Å². The fourth-order valence-corrected chi connectivity index (χ4v) is 3.05. The summed E-state index contributed by atoms with van der Waals surface area (Å²) in [7, 11) is 3.24. The maximum Gasteiger partial charge on any atom is 0.188 e. The van der Waals surface area contributed by atoms with E-state index in [1.165, 1.54) is 16.3 Å². The lowest BCUT2D eigenvalue weighted by molar-refractivity contribution is 0.354. The van der Waals surface area contributed by atoms with Crippen LogP contribution in [0, 0.1) is 0 Å². The SMILES string of the molecule is COc1ccc(CN=C(N)NCCc2cccc3ccccc23)cc1OC. The number of nitrogens with two attached hydrogens (primary N) is 1. The van der Waals surface area contributed by atoms with Crippen molar-refractivity contribution in [1.82, 2.24) is 5.32 Å². The van der Waals surface area contributed by atoms with Gasteiger partial charge in [0.1, 0.15) is 0 Å². The van der Waals surface area contributed by atoms with Gasteiger partial charge in [-0.3, -0.25) is 0 Å². The van der Waals surface area contributed by atoms with E-state index in [2.05, 4.69) is 52.8 Å². The van der Waals surface area contributed by atoms with E-state index in [-0.39, 0.29) is 0 Å². The highest BCUT2D eigenvalue weighted by Gasteiger charge is 2.04. The third kappa shape index (κ3) is 4.70. The van der Waals surface area contributed by atoms with Gasteiger partial charge < -0.3 is 20.5 Å². The first-order chi connectivity index (χ1) is 13.2. The lowest BCUT2D eigenvalue weighted by atomic mass is 10.0. The van der Waals surface area contributed by atoms with Gasteiger partial charge in [0.05, 0.1) is 20.8 Å². The van der Waals surface area contributed by atoms with Crippen LogP contribution in [0.1, 0.15) is 11.1 Å². The number of nitrogens with one attached hydrogen (secondary N) is 1. The molecule has 0 saturated carbocycles. The first-order valence-electron chi connectivity index (χ1n) is 8.92. The molecule has 5 nitrogen and oxygen atoms in total. The van der Waals surface area contributed by atoms with E-state index in [1.54, 1.807) is 14.2 Å². The number of aliphatic imine (C=N–C) groups is 1. The van der Waals surface area contributed by atoms with Crippen LogP contribution in [-0.2, 0) is 13.0 Å². The van der Waals surface area contributed by atoms with E-state index in [9.17, 15) is 0 Å². The van der Waals surface area contributed by atoms with Gasteiger partial charge >= 0.3 is 0 Å². The summed E-state index contributed by atoms with van der Waals surface area (Å²) in [6, 6.07) is 20.5. The van der Waals surface area contributed by atoms with Crippen molar-refractivity contribution in [2.24, 2.45) is 10.7 Å². The highest BCUT2D eigenvalue weighted by atomic mass is 16.5. The average molecular weight is 363 g/mol. The Kier molecular flexibility index (Phi) is 6.15. The molecule has 27 heavy (non-hydrogen) atoms. The fourth-order valence-electron chi connectivity index (χ4n) is 3.05. The van der Waals surface area contributed by atoms with Crippen LogP contribution in [0.2, 0.25) is 0 Å². The number of benzene rings is 3. The molecule has 0 spiro atoms. The molecular formula is C22H25N3O2. The third-order valence-corrected chi connectivity index (χ3v) is 4.46. The first kappa shape index (κ1) is 18.6. The molecular weight excluding hydrogens is 338 g/mol. The second kappa shape index (κ2) is 8.94. The molecule has 0 aliphatic heterocycles. The average Bonchev–Trinajstić information content (AvgIpc) is 2.72. The zero-order chi connectivity index (χ0) is 19.1. The van der Waals surface area contributed by atoms with E-state index >= 15 is 0 Å². The van der Waals surface area contributed by atoms with Crippen LogP contribution in [0.15, 0.2) is 65.7 Å². The smallest absolute Gasteiger partial charge is 0.188 e. The van der Waals surface area contributed by atoms with Crippen LogP contribution >= 0.6 is 0 Å². The molecule has 3 rings (SSSR count). The van der Waals surface area contributed by atoms with E-state index in [0.29, 0.717) is 24.0 Å². The third-order valence-electron chi connectivity index (χ3n) is 4.46. The van der Waals surface area contributed by atoms with E-state index in [1.807, 2.05) is 18.2 Å². The Morgan fingerprint density at radius 2 is 1.74 bits per heavy atom. The van der Waals surface area contributed by atoms with E-state index in [4.69, 9.17) is 15.2 Å². The Bertz CT molecular complexity index is 932. The van der Waals surface area contributed by atoms with Crippen molar-refractivity contribution < 1.29 is 9.47 Å². The predicted molar refractivity (Wildman–Crippen MR) is 111 cm³/mol. The number of methoxy groups -OCH3 is 2.